The summed E-state index contributed by atoms with van der Waals surface area (Å²) in [6, 6.07) is 3.17. The van der Waals surface area contributed by atoms with Gasteiger partial charge in [0.25, 0.3) is 0 Å². The Kier molecular flexibility index (Phi) is 5.92. The Morgan fingerprint density at radius 3 is 2.68 bits per heavy atom. The first-order valence-corrected chi connectivity index (χ1v) is 8.15. The smallest absolute Gasteiger partial charge is 0.247 e. The fraction of sp³-hybridized carbons (Fsp3) is 0.545. The molecule has 0 saturated heterocycles. The topological polar surface area (TPSA) is 98.5 Å². The van der Waals surface area contributed by atoms with Crippen molar-refractivity contribution in [3.8, 4) is 0 Å². The number of thiophene rings is 1. The average Bonchev–Trinajstić information content (AvgIpc) is 2.74. The number of nitrogens with one attached hydrogen (secondary N) is 1. The van der Waals surface area contributed by atoms with Crippen LogP contribution in [-0.4, -0.2) is 33.6 Å². The zero-order valence-corrected chi connectivity index (χ0v) is 12.5. The molecule has 0 aliphatic heterocycles. The molecule has 0 bridgehead atoms. The van der Waals surface area contributed by atoms with Crippen molar-refractivity contribution in [2.75, 3.05) is 13.2 Å². The van der Waals surface area contributed by atoms with Crippen LogP contribution in [0.4, 0.5) is 0 Å². The number of primary sulfonamides is 1. The van der Waals surface area contributed by atoms with Crippen LogP contribution in [0.15, 0.2) is 16.3 Å². The molecule has 1 aromatic heterocycles. The number of hydrogen-bond donors (Lipinski definition) is 2. The molecule has 0 saturated carbocycles. The van der Waals surface area contributed by atoms with Crippen LogP contribution in [0.3, 0.4) is 0 Å². The Labute approximate surface area is 117 Å². The Morgan fingerprint density at radius 1 is 1.47 bits per heavy atom. The van der Waals surface area contributed by atoms with Gasteiger partial charge in [0.15, 0.2) is 0 Å². The molecule has 1 amide bonds. The van der Waals surface area contributed by atoms with Gasteiger partial charge in [0.05, 0.1) is 6.10 Å². The van der Waals surface area contributed by atoms with Gasteiger partial charge < -0.3 is 10.1 Å². The quantitative estimate of drug-likeness (QED) is 0.765. The number of ether oxygens (including phenoxy) is 1. The van der Waals surface area contributed by atoms with Crippen molar-refractivity contribution in [1.29, 1.82) is 0 Å². The SMILES string of the molecule is CC(C)OCC(=O)NCCc1ccc(S(N)(=O)=O)s1. The van der Waals surface area contributed by atoms with Crippen LogP contribution in [0.5, 0.6) is 0 Å². The van der Waals surface area contributed by atoms with E-state index in [1.807, 2.05) is 13.8 Å². The molecule has 6 nitrogen and oxygen atoms in total. The lowest BCUT2D eigenvalue weighted by molar-refractivity contribution is -0.127. The number of hydrogen-bond acceptors (Lipinski definition) is 5. The lowest BCUT2D eigenvalue weighted by Crippen LogP contribution is -2.30. The number of nitrogens with two attached hydrogens (primary N) is 1. The minimum atomic E-state index is -3.63. The summed E-state index contributed by atoms with van der Waals surface area (Å²) in [5.41, 5.74) is 0. The number of sulfonamides is 1. The second-order valence-electron chi connectivity index (χ2n) is 4.23. The zero-order valence-electron chi connectivity index (χ0n) is 10.9. The van der Waals surface area contributed by atoms with Gasteiger partial charge in [-0.2, -0.15) is 0 Å². The maximum Gasteiger partial charge on any atom is 0.247 e. The van der Waals surface area contributed by atoms with E-state index in [4.69, 9.17) is 9.88 Å². The first-order valence-electron chi connectivity index (χ1n) is 5.79. The lowest BCUT2D eigenvalue weighted by atomic mass is 10.3. The number of carbonyl (C=O) groups excluding carboxylic acids is 1. The summed E-state index contributed by atoms with van der Waals surface area (Å²) < 4.78 is 27.4. The fourth-order valence-corrected chi connectivity index (χ4v) is 3.04. The van der Waals surface area contributed by atoms with Gasteiger partial charge in [0, 0.05) is 11.4 Å². The van der Waals surface area contributed by atoms with Crippen molar-refractivity contribution in [1.82, 2.24) is 5.32 Å². The molecule has 1 aromatic rings. The summed E-state index contributed by atoms with van der Waals surface area (Å²) in [4.78, 5) is 12.2. The van der Waals surface area contributed by atoms with E-state index in [-0.39, 0.29) is 22.8 Å². The van der Waals surface area contributed by atoms with Crippen LogP contribution in [0.25, 0.3) is 0 Å². The van der Waals surface area contributed by atoms with E-state index >= 15 is 0 Å². The lowest BCUT2D eigenvalue weighted by Gasteiger charge is -2.07. The summed E-state index contributed by atoms with van der Waals surface area (Å²) >= 11 is 1.11. The van der Waals surface area contributed by atoms with Gasteiger partial charge in [-0.1, -0.05) is 0 Å². The van der Waals surface area contributed by atoms with Gasteiger partial charge in [-0.15, -0.1) is 11.3 Å². The molecule has 1 heterocycles. The highest BCUT2D eigenvalue weighted by Crippen LogP contribution is 2.20. The minimum Gasteiger partial charge on any atom is -0.369 e. The van der Waals surface area contributed by atoms with Gasteiger partial charge in [-0.25, -0.2) is 13.6 Å². The van der Waals surface area contributed by atoms with Crippen molar-refractivity contribution in [2.24, 2.45) is 5.14 Å². The predicted molar refractivity (Wildman–Crippen MR) is 73.5 cm³/mol. The summed E-state index contributed by atoms with van der Waals surface area (Å²) in [5, 5.41) is 7.71. The number of rotatable bonds is 7. The highest BCUT2D eigenvalue weighted by Gasteiger charge is 2.11. The first kappa shape index (κ1) is 16.1. The van der Waals surface area contributed by atoms with Crippen molar-refractivity contribution >= 4 is 27.3 Å². The maximum absolute atomic E-state index is 11.4. The van der Waals surface area contributed by atoms with E-state index in [9.17, 15) is 13.2 Å². The molecular weight excluding hydrogens is 288 g/mol. The van der Waals surface area contributed by atoms with Gasteiger partial charge in [0.2, 0.25) is 15.9 Å². The van der Waals surface area contributed by atoms with E-state index < -0.39 is 10.0 Å². The van der Waals surface area contributed by atoms with Gasteiger partial charge >= 0.3 is 0 Å². The highest BCUT2D eigenvalue weighted by molar-refractivity contribution is 7.91. The summed E-state index contributed by atoms with van der Waals surface area (Å²) in [6.07, 6.45) is 0.577. The molecule has 1 rings (SSSR count). The van der Waals surface area contributed by atoms with E-state index in [1.54, 1.807) is 6.07 Å². The van der Waals surface area contributed by atoms with Crippen molar-refractivity contribution < 1.29 is 17.9 Å². The molecule has 0 fully saturated rings. The van der Waals surface area contributed by atoms with E-state index in [2.05, 4.69) is 5.32 Å². The average molecular weight is 306 g/mol. The second-order valence-corrected chi connectivity index (χ2v) is 7.18. The number of carbonyl (C=O) groups is 1. The normalized spacial score (nSPS) is 11.8. The third-order valence-electron chi connectivity index (χ3n) is 2.16. The van der Waals surface area contributed by atoms with Gasteiger partial charge in [-0.3, -0.25) is 4.79 Å². The van der Waals surface area contributed by atoms with E-state index in [0.717, 1.165) is 16.2 Å². The molecular formula is C11H18N2O4S2. The molecule has 3 N–H and O–H groups in total. The van der Waals surface area contributed by atoms with Gasteiger partial charge in [0.1, 0.15) is 10.8 Å². The van der Waals surface area contributed by atoms with E-state index in [0.29, 0.717) is 13.0 Å². The third-order valence-corrected chi connectivity index (χ3v) is 4.74. The van der Waals surface area contributed by atoms with Crippen LogP contribution in [-0.2, 0) is 26.0 Å². The molecule has 0 spiro atoms. The second kappa shape index (κ2) is 6.99. The van der Waals surface area contributed by atoms with Gasteiger partial charge in [-0.05, 0) is 32.4 Å². The molecule has 19 heavy (non-hydrogen) atoms. The number of amides is 1. The molecule has 0 radical (unpaired) electrons. The van der Waals surface area contributed by atoms with Crippen LogP contribution >= 0.6 is 11.3 Å². The minimum absolute atomic E-state index is 0.0142. The Hall–Kier alpha value is -0.960. The third kappa shape index (κ3) is 6.15. The van der Waals surface area contributed by atoms with Crippen LogP contribution in [0, 0.1) is 0 Å². The molecule has 8 heteroatoms. The summed E-state index contributed by atoms with van der Waals surface area (Å²) in [7, 11) is -3.63. The molecule has 0 aliphatic carbocycles. The summed E-state index contributed by atoms with van der Waals surface area (Å²) in [6.45, 7) is 4.18. The molecule has 0 unspecified atom stereocenters. The van der Waals surface area contributed by atoms with Crippen molar-refractivity contribution in [3.63, 3.8) is 0 Å². The standard InChI is InChI=1S/C11H18N2O4S2/c1-8(2)17-7-10(14)13-6-5-9-3-4-11(18-9)19(12,15)16/h3-4,8H,5-7H2,1-2H3,(H,13,14)(H2,12,15,16). The Morgan fingerprint density at radius 2 is 2.16 bits per heavy atom. The fourth-order valence-electron chi connectivity index (χ4n) is 1.26. The Balaban J connectivity index is 2.34. The van der Waals surface area contributed by atoms with Crippen molar-refractivity contribution in [2.45, 2.75) is 30.6 Å². The molecule has 108 valence electrons. The molecule has 0 atom stereocenters. The highest BCUT2D eigenvalue weighted by atomic mass is 32.2. The van der Waals surface area contributed by atoms with Crippen LogP contribution in [0.1, 0.15) is 18.7 Å². The Bertz CT molecular complexity index is 523. The zero-order chi connectivity index (χ0) is 14.5. The monoisotopic (exact) mass is 306 g/mol. The first-order chi connectivity index (χ1) is 8.79. The maximum atomic E-state index is 11.4. The predicted octanol–water partition coefficient (Wildman–Crippen LogP) is 0.479. The van der Waals surface area contributed by atoms with Crippen molar-refractivity contribution in [3.05, 3.63) is 17.0 Å². The van der Waals surface area contributed by atoms with Crippen LogP contribution < -0.4 is 10.5 Å². The summed E-state index contributed by atoms with van der Waals surface area (Å²) in [5.74, 6) is -0.183. The molecule has 0 aliphatic rings. The largest absolute Gasteiger partial charge is 0.369 e. The van der Waals surface area contributed by atoms with Crippen LogP contribution in [0.2, 0.25) is 0 Å². The van der Waals surface area contributed by atoms with E-state index in [1.165, 1.54) is 6.07 Å². The molecule has 0 aromatic carbocycles.